The molecule has 2 aliphatic heterocycles. The van der Waals surface area contributed by atoms with E-state index in [1.54, 1.807) is 6.92 Å². The van der Waals surface area contributed by atoms with Crippen molar-refractivity contribution in [3.05, 3.63) is 34.9 Å². The molecule has 0 aromatic rings. The first-order valence-electron chi connectivity index (χ1n) is 8.03. The maximum absolute atomic E-state index is 12.3. The van der Waals surface area contributed by atoms with Crippen LogP contribution in [0.4, 0.5) is 0 Å². The van der Waals surface area contributed by atoms with Gasteiger partial charge in [-0.3, -0.25) is 4.79 Å². The molecule has 2 bridgehead atoms. The third-order valence-electron chi connectivity index (χ3n) is 5.59. The first-order chi connectivity index (χ1) is 10.5. The number of carbonyl (C=O) groups excluding carboxylic acids is 2. The van der Waals surface area contributed by atoms with Crippen LogP contribution in [0.3, 0.4) is 0 Å². The van der Waals surface area contributed by atoms with Crippen molar-refractivity contribution in [2.75, 3.05) is 6.61 Å². The number of ether oxygens (including phenoxy) is 2. The summed E-state index contributed by atoms with van der Waals surface area (Å²) in [5, 5.41) is 0. The molecule has 4 aliphatic rings. The Morgan fingerprint density at radius 3 is 3.00 bits per heavy atom. The van der Waals surface area contributed by atoms with Crippen molar-refractivity contribution in [2.24, 2.45) is 5.41 Å². The van der Waals surface area contributed by atoms with Gasteiger partial charge in [0.15, 0.2) is 5.78 Å². The van der Waals surface area contributed by atoms with Gasteiger partial charge in [0.2, 0.25) is 0 Å². The molecule has 2 aliphatic carbocycles. The van der Waals surface area contributed by atoms with Crippen LogP contribution in [0.15, 0.2) is 34.9 Å². The van der Waals surface area contributed by atoms with Crippen LogP contribution in [0.1, 0.15) is 39.5 Å². The summed E-state index contributed by atoms with van der Waals surface area (Å²) in [7, 11) is 0. The van der Waals surface area contributed by atoms with Crippen LogP contribution in [0, 0.1) is 5.41 Å². The molecule has 4 rings (SSSR count). The van der Waals surface area contributed by atoms with E-state index >= 15 is 0 Å². The van der Waals surface area contributed by atoms with E-state index in [0.717, 1.165) is 30.4 Å². The summed E-state index contributed by atoms with van der Waals surface area (Å²) in [5.74, 6) is -0.110. The molecule has 0 radical (unpaired) electrons. The zero-order chi connectivity index (χ0) is 15.5. The lowest BCUT2D eigenvalue weighted by atomic mass is 9.79. The summed E-state index contributed by atoms with van der Waals surface area (Å²) in [6, 6.07) is 0. The number of esters is 1. The highest BCUT2D eigenvalue weighted by molar-refractivity contribution is 6.01. The van der Waals surface area contributed by atoms with Crippen LogP contribution >= 0.6 is 0 Å². The van der Waals surface area contributed by atoms with E-state index in [1.807, 2.05) is 12.2 Å². The lowest BCUT2D eigenvalue weighted by Crippen LogP contribution is -2.27. The lowest BCUT2D eigenvalue weighted by Gasteiger charge is -2.27. The molecule has 0 unspecified atom stereocenters. The third-order valence-corrected chi connectivity index (χ3v) is 5.59. The molecule has 0 saturated heterocycles. The van der Waals surface area contributed by atoms with Gasteiger partial charge in [-0.15, -0.1) is 0 Å². The summed E-state index contributed by atoms with van der Waals surface area (Å²) < 4.78 is 11.3. The van der Waals surface area contributed by atoms with Gasteiger partial charge in [0.1, 0.15) is 11.7 Å². The Kier molecular flexibility index (Phi) is 2.80. The quantitative estimate of drug-likeness (QED) is 0.581. The second-order valence-corrected chi connectivity index (χ2v) is 6.88. The lowest BCUT2D eigenvalue weighted by molar-refractivity contribution is -0.139. The Bertz CT molecular complexity index is 669. The van der Waals surface area contributed by atoms with Crippen LogP contribution in [0.25, 0.3) is 0 Å². The van der Waals surface area contributed by atoms with Gasteiger partial charge in [0, 0.05) is 17.6 Å². The van der Waals surface area contributed by atoms with Crippen LogP contribution in [-0.4, -0.2) is 30.1 Å². The predicted molar refractivity (Wildman–Crippen MR) is 80.1 cm³/mol. The van der Waals surface area contributed by atoms with E-state index in [2.05, 4.69) is 13.0 Å². The molecule has 22 heavy (non-hydrogen) atoms. The van der Waals surface area contributed by atoms with Gasteiger partial charge in [-0.1, -0.05) is 13.0 Å². The zero-order valence-corrected chi connectivity index (χ0v) is 13.0. The fraction of sp³-hybridized carbons (Fsp3) is 0.556. The number of allylic oxidation sites excluding steroid dienone is 1. The molecule has 1 fully saturated rings. The van der Waals surface area contributed by atoms with Crippen LogP contribution in [0.2, 0.25) is 0 Å². The Morgan fingerprint density at radius 2 is 2.23 bits per heavy atom. The molecule has 4 heteroatoms. The van der Waals surface area contributed by atoms with Gasteiger partial charge >= 0.3 is 5.97 Å². The molecular weight excluding hydrogens is 280 g/mol. The second kappa shape index (κ2) is 4.42. The number of fused-ring (bicyclic) bond motifs is 2. The molecule has 4 nitrogen and oxygen atoms in total. The van der Waals surface area contributed by atoms with Crippen molar-refractivity contribution in [1.82, 2.24) is 0 Å². The number of ketones is 1. The summed E-state index contributed by atoms with van der Waals surface area (Å²) in [4.78, 5) is 24.6. The molecule has 1 saturated carbocycles. The van der Waals surface area contributed by atoms with Crippen LogP contribution in [-0.2, 0) is 19.1 Å². The van der Waals surface area contributed by atoms with Crippen molar-refractivity contribution in [3.63, 3.8) is 0 Å². The Labute approximate surface area is 129 Å². The van der Waals surface area contributed by atoms with E-state index < -0.39 is 5.60 Å². The fourth-order valence-corrected chi connectivity index (χ4v) is 4.27. The number of hydrogen-bond acceptors (Lipinski definition) is 4. The maximum Gasteiger partial charge on any atom is 0.337 e. The highest BCUT2D eigenvalue weighted by Gasteiger charge is 2.54. The normalized spacial score (nSPS) is 38.7. The summed E-state index contributed by atoms with van der Waals surface area (Å²) in [6.45, 7) is 4.29. The topological polar surface area (TPSA) is 52.6 Å². The summed E-state index contributed by atoms with van der Waals surface area (Å²) >= 11 is 0. The van der Waals surface area contributed by atoms with E-state index in [9.17, 15) is 9.59 Å². The number of Topliss-reactive ketones (excluding diaryl/α,β-unsaturated/α-hetero) is 1. The molecule has 1 spiro atoms. The van der Waals surface area contributed by atoms with Gasteiger partial charge < -0.3 is 9.47 Å². The zero-order valence-electron chi connectivity index (χ0n) is 13.0. The largest absolute Gasteiger partial charge is 0.463 e. The predicted octanol–water partition coefficient (Wildman–Crippen LogP) is 2.64. The van der Waals surface area contributed by atoms with Gasteiger partial charge in [0.25, 0.3) is 0 Å². The molecular formula is C18H20O4. The third kappa shape index (κ3) is 1.67. The van der Waals surface area contributed by atoms with E-state index in [1.165, 1.54) is 0 Å². The highest BCUT2D eigenvalue weighted by Crippen LogP contribution is 2.55. The average molecular weight is 300 g/mol. The average Bonchev–Trinajstić information content (AvgIpc) is 3.09. The van der Waals surface area contributed by atoms with Gasteiger partial charge in [-0.05, 0) is 43.8 Å². The molecule has 0 aromatic carbocycles. The SMILES string of the molecule is CCOC(=O)C1=C2C=C3C(=O)CC[C@@]3(C)CC[C@]23C=C[C@H]1O3. The highest BCUT2D eigenvalue weighted by atomic mass is 16.5. The molecule has 2 heterocycles. The smallest absolute Gasteiger partial charge is 0.337 e. The van der Waals surface area contributed by atoms with Crippen molar-refractivity contribution in [1.29, 1.82) is 0 Å². The van der Waals surface area contributed by atoms with Crippen molar-refractivity contribution >= 4 is 11.8 Å². The summed E-state index contributed by atoms with van der Waals surface area (Å²) in [5.41, 5.74) is 1.69. The van der Waals surface area contributed by atoms with E-state index in [-0.39, 0.29) is 23.3 Å². The molecule has 0 amide bonds. The molecule has 116 valence electrons. The fourth-order valence-electron chi connectivity index (χ4n) is 4.27. The Hall–Kier alpha value is -1.68. The van der Waals surface area contributed by atoms with Gasteiger partial charge in [-0.2, -0.15) is 0 Å². The van der Waals surface area contributed by atoms with Gasteiger partial charge in [0.05, 0.1) is 12.2 Å². The number of rotatable bonds is 2. The first kappa shape index (κ1) is 13.9. The monoisotopic (exact) mass is 300 g/mol. The minimum Gasteiger partial charge on any atom is -0.463 e. The second-order valence-electron chi connectivity index (χ2n) is 6.88. The standard InChI is InChI=1S/C18H20O4/c1-3-21-16(20)15-12-10-11-13(19)4-6-17(11,2)8-9-18(12)7-5-14(15)22-18/h5,7,10,14H,3-4,6,8-9H2,1-2H3/t14-,17+,18-/m1/s1. The minimum absolute atomic E-state index is 0.0851. The van der Waals surface area contributed by atoms with Crippen molar-refractivity contribution in [3.8, 4) is 0 Å². The van der Waals surface area contributed by atoms with Gasteiger partial charge in [-0.25, -0.2) is 4.79 Å². The Morgan fingerprint density at radius 1 is 1.41 bits per heavy atom. The van der Waals surface area contributed by atoms with Crippen molar-refractivity contribution < 1.29 is 19.1 Å². The first-order valence-corrected chi connectivity index (χ1v) is 8.03. The number of carbonyl (C=O) groups is 2. The minimum atomic E-state index is -0.534. The molecule has 3 atom stereocenters. The maximum atomic E-state index is 12.3. The van der Waals surface area contributed by atoms with Crippen molar-refractivity contribution in [2.45, 2.75) is 51.2 Å². The van der Waals surface area contributed by atoms with Crippen LogP contribution < -0.4 is 0 Å². The Balaban J connectivity index is 1.88. The molecule has 0 aromatic heterocycles. The number of hydrogen-bond donors (Lipinski definition) is 0. The molecule has 0 N–H and O–H groups in total. The van der Waals surface area contributed by atoms with E-state index in [4.69, 9.17) is 9.47 Å². The van der Waals surface area contributed by atoms with E-state index in [0.29, 0.717) is 18.6 Å². The van der Waals surface area contributed by atoms with Crippen LogP contribution in [0.5, 0.6) is 0 Å². The summed E-state index contributed by atoms with van der Waals surface area (Å²) in [6.07, 6.45) is 8.83.